The zero-order valence-electron chi connectivity index (χ0n) is 12.0. The molecule has 1 aliphatic carbocycles. The van der Waals surface area contributed by atoms with Crippen molar-refractivity contribution in [2.75, 3.05) is 7.11 Å². The molecule has 5 heteroatoms. The van der Waals surface area contributed by atoms with Crippen LogP contribution in [0.2, 0.25) is 0 Å². The molecule has 0 heterocycles. The standard InChI is InChI=1S/C15H20N2O3/c1-9-4-5-12(20-3)11(8-9)10(2)17-14(19)15(6-7-15)13(16)18/h4-5,8,10H,6-7H2,1-3H3,(H2,16,18)(H,17,19). The summed E-state index contributed by atoms with van der Waals surface area (Å²) in [6, 6.07) is 5.54. The highest BCUT2D eigenvalue weighted by Gasteiger charge is 2.55. The summed E-state index contributed by atoms with van der Waals surface area (Å²) in [5, 5.41) is 2.86. The largest absolute Gasteiger partial charge is 0.496 e. The number of nitrogens with one attached hydrogen (secondary N) is 1. The quantitative estimate of drug-likeness (QED) is 0.799. The molecule has 0 aliphatic heterocycles. The van der Waals surface area contributed by atoms with Crippen molar-refractivity contribution in [1.29, 1.82) is 0 Å². The molecule has 0 radical (unpaired) electrons. The number of rotatable bonds is 5. The Labute approximate surface area is 118 Å². The second kappa shape index (κ2) is 5.15. The van der Waals surface area contributed by atoms with Crippen LogP contribution in [0.15, 0.2) is 18.2 Å². The number of benzene rings is 1. The van der Waals surface area contributed by atoms with Gasteiger partial charge >= 0.3 is 0 Å². The molecule has 1 aromatic rings. The summed E-state index contributed by atoms with van der Waals surface area (Å²) in [7, 11) is 1.59. The molecule has 2 amide bonds. The third-order valence-corrected chi connectivity index (χ3v) is 3.86. The van der Waals surface area contributed by atoms with E-state index in [4.69, 9.17) is 10.5 Å². The second-order valence-electron chi connectivity index (χ2n) is 5.39. The van der Waals surface area contributed by atoms with Gasteiger partial charge in [0, 0.05) is 5.56 Å². The molecule has 2 rings (SSSR count). The van der Waals surface area contributed by atoms with Crippen LogP contribution in [-0.4, -0.2) is 18.9 Å². The van der Waals surface area contributed by atoms with Crippen LogP contribution in [0.4, 0.5) is 0 Å². The molecule has 0 spiro atoms. The summed E-state index contributed by atoms with van der Waals surface area (Å²) in [6.45, 7) is 3.84. The van der Waals surface area contributed by atoms with Gasteiger partial charge in [-0.1, -0.05) is 17.7 Å². The van der Waals surface area contributed by atoms with Crippen LogP contribution >= 0.6 is 0 Å². The van der Waals surface area contributed by atoms with E-state index in [0.717, 1.165) is 11.1 Å². The smallest absolute Gasteiger partial charge is 0.236 e. The highest BCUT2D eigenvalue weighted by molar-refractivity contribution is 6.07. The van der Waals surface area contributed by atoms with Gasteiger partial charge in [-0.2, -0.15) is 0 Å². The van der Waals surface area contributed by atoms with Crippen molar-refractivity contribution >= 4 is 11.8 Å². The van der Waals surface area contributed by atoms with Gasteiger partial charge in [-0.3, -0.25) is 9.59 Å². The van der Waals surface area contributed by atoms with Crippen LogP contribution in [0, 0.1) is 12.3 Å². The van der Waals surface area contributed by atoms with Gasteiger partial charge in [0.05, 0.1) is 13.2 Å². The minimum Gasteiger partial charge on any atom is -0.496 e. The molecular weight excluding hydrogens is 256 g/mol. The van der Waals surface area contributed by atoms with Gasteiger partial charge in [-0.25, -0.2) is 0 Å². The minimum atomic E-state index is -0.995. The highest BCUT2D eigenvalue weighted by atomic mass is 16.5. The van der Waals surface area contributed by atoms with Crippen LogP contribution in [-0.2, 0) is 9.59 Å². The highest BCUT2D eigenvalue weighted by Crippen LogP contribution is 2.46. The molecule has 0 aromatic heterocycles. The Balaban J connectivity index is 2.16. The average molecular weight is 276 g/mol. The van der Waals surface area contributed by atoms with Crippen molar-refractivity contribution in [3.63, 3.8) is 0 Å². The Hall–Kier alpha value is -2.04. The van der Waals surface area contributed by atoms with Crippen molar-refractivity contribution in [3.05, 3.63) is 29.3 Å². The van der Waals surface area contributed by atoms with Crippen LogP contribution in [0.25, 0.3) is 0 Å². The third-order valence-electron chi connectivity index (χ3n) is 3.86. The SMILES string of the molecule is COc1ccc(C)cc1C(C)NC(=O)C1(C(N)=O)CC1. The van der Waals surface area contributed by atoms with E-state index in [1.54, 1.807) is 7.11 Å². The number of carbonyl (C=O) groups is 2. The monoisotopic (exact) mass is 276 g/mol. The van der Waals surface area contributed by atoms with Crippen molar-refractivity contribution in [2.45, 2.75) is 32.7 Å². The summed E-state index contributed by atoms with van der Waals surface area (Å²) in [5.74, 6) is -0.119. The van der Waals surface area contributed by atoms with Crippen molar-refractivity contribution in [2.24, 2.45) is 11.1 Å². The molecule has 5 nitrogen and oxygen atoms in total. The van der Waals surface area contributed by atoms with Gasteiger partial charge in [-0.05, 0) is 32.8 Å². The minimum absolute atomic E-state index is 0.242. The van der Waals surface area contributed by atoms with Gasteiger partial charge in [0.2, 0.25) is 11.8 Å². The fourth-order valence-corrected chi connectivity index (χ4v) is 2.32. The molecule has 1 atom stereocenters. The van der Waals surface area contributed by atoms with Gasteiger partial charge in [0.25, 0.3) is 0 Å². The van der Waals surface area contributed by atoms with Crippen molar-refractivity contribution < 1.29 is 14.3 Å². The summed E-state index contributed by atoms with van der Waals surface area (Å²) in [6.07, 6.45) is 1.07. The van der Waals surface area contributed by atoms with E-state index in [1.807, 2.05) is 32.0 Å². The lowest BCUT2D eigenvalue weighted by Gasteiger charge is -2.20. The summed E-state index contributed by atoms with van der Waals surface area (Å²) < 4.78 is 5.31. The maximum absolute atomic E-state index is 12.2. The number of carbonyl (C=O) groups excluding carboxylic acids is 2. The molecule has 3 N–H and O–H groups in total. The van der Waals surface area contributed by atoms with Gasteiger partial charge in [0.1, 0.15) is 11.2 Å². The molecule has 1 aliphatic rings. The van der Waals surface area contributed by atoms with E-state index in [2.05, 4.69) is 5.32 Å². The van der Waals surface area contributed by atoms with Gasteiger partial charge in [-0.15, -0.1) is 0 Å². The van der Waals surface area contributed by atoms with Crippen molar-refractivity contribution in [1.82, 2.24) is 5.32 Å². The van der Waals surface area contributed by atoms with E-state index in [0.29, 0.717) is 18.6 Å². The first-order chi connectivity index (χ1) is 9.40. The number of hydrogen-bond donors (Lipinski definition) is 2. The van der Waals surface area contributed by atoms with E-state index in [9.17, 15) is 9.59 Å². The fraction of sp³-hybridized carbons (Fsp3) is 0.467. The Morgan fingerprint density at radius 1 is 1.40 bits per heavy atom. The molecule has 1 aromatic carbocycles. The lowest BCUT2D eigenvalue weighted by molar-refractivity contribution is -0.135. The molecule has 1 unspecified atom stereocenters. The normalized spacial score (nSPS) is 17.1. The first kappa shape index (κ1) is 14.4. The lowest BCUT2D eigenvalue weighted by atomic mass is 10.0. The molecule has 20 heavy (non-hydrogen) atoms. The summed E-state index contributed by atoms with van der Waals surface area (Å²) in [4.78, 5) is 23.5. The third kappa shape index (κ3) is 2.48. The number of ether oxygens (including phenoxy) is 1. The Morgan fingerprint density at radius 3 is 2.55 bits per heavy atom. The molecule has 1 fully saturated rings. The lowest BCUT2D eigenvalue weighted by Crippen LogP contribution is -2.41. The van der Waals surface area contributed by atoms with Gasteiger partial charge < -0.3 is 15.8 Å². The molecule has 0 bridgehead atoms. The van der Waals surface area contributed by atoms with Crippen LogP contribution in [0.1, 0.15) is 36.9 Å². The van der Waals surface area contributed by atoms with E-state index < -0.39 is 11.3 Å². The Morgan fingerprint density at radius 2 is 2.05 bits per heavy atom. The van der Waals surface area contributed by atoms with Crippen LogP contribution in [0.5, 0.6) is 5.75 Å². The Bertz CT molecular complexity index is 550. The van der Waals surface area contributed by atoms with Crippen LogP contribution in [0.3, 0.4) is 0 Å². The molecule has 0 saturated heterocycles. The number of nitrogens with two attached hydrogens (primary N) is 1. The maximum Gasteiger partial charge on any atom is 0.236 e. The predicted molar refractivity (Wildman–Crippen MR) is 75.2 cm³/mol. The summed E-state index contributed by atoms with van der Waals surface area (Å²) >= 11 is 0. The number of primary amides is 1. The van der Waals surface area contributed by atoms with Gasteiger partial charge in [0.15, 0.2) is 0 Å². The molecule has 108 valence electrons. The van der Waals surface area contributed by atoms with E-state index >= 15 is 0 Å². The number of hydrogen-bond acceptors (Lipinski definition) is 3. The predicted octanol–water partition coefficient (Wildman–Crippen LogP) is 1.45. The zero-order valence-corrected chi connectivity index (χ0v) is 12.0. The van der Waals surface area contributed by atoms with Crippen LogP contribution < -0.4 is 15.8 Å². The van der Waals surface area contributed by atoms with Crippen molar-refractivity contribution in [3.8, 4) is 5.75 Å². The Kier molecular flexibility index (Phi) is 3.70. The number of amides is 2. The average Bonchev–Trinajstić information content (AvgIpc) is 3.20. The number of methoxy groups -OCH3 is 1. The van der Waals surface area contributed by atoms with E-state index in [-0.39, 0.29) is 11.9 Å². The molecular formula is C15H20N2O3. The van der Waals surface area contributed by atoms with E-state index in [1.165, 1.54) is 0 Å². The summed E-state index contributed by atoms with van der Waals surface area (Å²) in [5.41, 5.74) is 6.28. The topological polar surface area (TPSA) is 81.4 Å². The first-order valence-electron chi connectivity index (χ1n) is 6.66. The fourth-order valence-electron chi connectivity index (χ4n) is 2.32. The molecule has 1 saturated carbocycles. The maximum atomic E-state index is 12.2. The first-order valence-corrected chi connectivity index (χ1v) is 6.66. The number of aryl methyl sites for hydroxylation is 1. The zero-order chi connectivity index (χ0) is 14.9. The second-order valence-corrected chi connectivity index (χ2v) is 5.39.